The first kappa shape index (κ1) is 9.47. The lowest BCUT2D eigenvalue weighted by Gasteiger charge is -2.52. The molecule has 76 valence electrons. The summed E-state index contributed by atoms with van der Waals surface area (Å²) in [5.74, 6) is 0. The summed E-state index contributed by atoms with van der Waals surface area (Å²) in [4.78, 5) is 2.71. The molecule has 0 aromatic rings. The van der Waals surface area contributed by atoms with Gasteiger partial charge in [0, 0.05) is 24.7 Å². The zero-order chi connectivity index (χ0) is 9.31. The molecular formula is C11H22N2. The van der Waals surface area contributed by atoms with Gasteiger partial charge in [0.25, 0.3) is 0 Å². The van der Waals surface area contributed by atoms with Crippen molar-refractivity contribution in [2.75, 3.05) is 13.1 Å². The maximum Gasteiger partial charge on any atom is 0.0207 e. The standard InChI is InChI=1S/C11H22N2/c1-2-11(6-3-7-11)13-8-4-10(12)5-9-13/h10H,2-9,12H2,1H3. The molecule has 2 N–H and O–H groups in total. The van der Waals surface area contributed by atoms with Gasteiger partial charge < -0.3 is 5.73 Å². The van der Waals surface area contributed by atoms with Gasteiger partial charge in [-0.2, -0.15) is 0 Å². The highest BCUT2D eigenvalue weighted by Gasteiger charge is 2.41. The Morgan fingerprint density at radius 2 is 1.92 bits per heavy atom. The van der Waals surface area contributed by atoms with Crippen molar-refractivity contribution in [1.29, 1.82) is 0 Å². The van der Waals surface area contributed by atoms with E-state index in [-0.39, 0.29) is 0 Å². The van der Waals surface area contributed by atoms with Gasteiger partial charge in [-0.15, -0.1) is 0 Å². The molecule has 0 aromatic heterocycles. The lowest BCUT2D eigenvalue weighted by atomic mass is 9.72. The smallest absolute Gasteiger partial charge is 0.0207 e. The van der Waals surface area contributed by atoms with E-state index >= 15 is 0 Å². The normalized spacial score (nSPS) is 30.0. The predicted octanol–water partition coefficient (Wildman–Crippen LogP) is 1.74. The summed E-state index contributed by atoms with van der Waals surface area (Å²) in [7, 11) is 0. The lowest BCUT2D eigenvalue weighted by molar-refractivity contribution is -0.00431. The maximum absolute atomic E-state index is 5.91. The molecule has 0 radical (unpaired) electrons. The van der Waals surface area contributed by atoms with Crippen LogP contribution in [0.2, 0.25) is 0 Å². The van der Waals surface area contributed by atoms with Crippen molar-refractivity contribution in [1.82, 2.24) is 4.90 Å². The summed E-state index contributed by atoms with van der Waals surface area (Å²) in [6, 6.07) is 0.477. The van der Waals surface area contributed by atoms with E-state index in [4.69, 9.17) is 5.73 Å². The van der Waals surface area contributed by atoms with E-state index in [0.29, 0.717) is 11.6 Å². The van der Waals surface area contributed by atoms with Crippen LogP contribution in [0.15, 0.2) is 0 Å². The highest BCUT2D eigenvalue weighted by molar-refractivity contribution is 4.98. The van der Waals surface area contributed by atoms with E-state index in [9.17, 15) is 0 Å². The zero-order valence-electron chi connectivity index (χ0n) is 8.76. The lowest BCUT2D eigenvalue weighted by Crippen LogP contribution is -2.57. The number of likely N-dealkylation sites (tertiary alicyclic amines) is 1. The minimum Gasteiger partial charge on any atom is -0.328 e. The van der Waals surface area contributed by atoms with Crippen molar-refractivity contribution in [2.45, 2.75) is 57.0 Å². The fourth-order valence-electron chi connectivity index (χ4n) is 2.85. The van der Waals surface area contributed by atoms with Crippen molar-refractivity contribution in [2.24, 2.45) is 5.73 Å². The van der Waals surface area contributed by atoms with E-state index in [1.807, 2.05) is 0 Å². The quantitative estimate of drug-likeness (QED) is 0.705. The molecule has 0 spiro atoms. The Morgan fingerprint density at radius 1 is 1.31 bits per heavy atom. The Balaban J connectivity index is 1.92. The van der Waals surface area contributed by atoms with Gasteiger partial charge in [0.15, 0.2) is 0 Å². The van der Waals surface area contributed by atoms with Crippen molar-refractivity contribution in [3.8, 4) is 0 Å². The summed E-state index contributed by atoms with van der Waals surface area (Å²) in [5, 5.41) is 0. The molecule has 13 heavy (non-hydrogen) atoms. The molecule has 0 bridgehead atoms. The largest absolute Gasteiger partial charge is 0.328 e. The molecule has 2 heteroatoms. The molecule has 1 saturated heterocycles. The van der Waals surface area contributed by atoms with Gasteiger partial charge in [0.1, 0.15) is 0 Å². The number of nitrogens with zero attached hydrogens (tertiary/aromatic N) is 1. The Labute approximate surface area is 81.5 Å². The average Bonchev–Trinajstić information content (AvgIpc) is 2.07. The Hall–Kier alpha value is -0.0800. The first-order chi connectivity index (χ1) is 6.27. The molecule has 1 heterocycles. The minimum absolute atomic E-state index is 0.477. The second kappa shape index (κ2) is 3.58. The molecule has 0 unspecified atom stereocenters. The Morgan fingerprint density at radius 3 is 2.31 bits per heavy atom. The first-order valence-electron chi connectivity index (χ1n) is 5.77. The van der Waals surface area contributed by atoms with Crippen LogP contribution in [0.4, 0.5) is 0 Å². The van der Waals surface area contributed by atoms with Crippen molar-refractivity contribution >= 4 is 0 Å². The summed E-state index contributed by atoms with van der Waals surface area (Å²) < 4.78 is 0. The van der Waals surface area contributed by atoms with Crippen molar-refractivity contribution < 1.29 is 0 Å². The van der Waals surface area contributed by atoms with Crippen molar-refractivity contribution in [3.63, 3.8) is 0 Å². The van der Waals surface area contributed by atoms with Gasteiger partial charge >= 0.3 is 0 Å². The molecule has 1 saturated carbocycles. The van der Waals surface area contributed by atoms with E-state index in [2.05, 4.69) is 11.8 Å². The van der Waals surface area contributed by atoms with Gasteiger partial charge in [0.2, 0.25) is 0 Å². The van der Waals surface area contributed by atoms with Crippen LogP contribution in [0.1, 0.15) is 45.4 Å². The van der Waals surface area contributed by atoms with Crippen LogP contribution < -0.4 is 5.73 Å². The molecule has 1 aliphatic heterocycles. The fourth-order valence-corrected chi connectivity index (χ4v) is 2.85. The van der Waals surface area contributed by atoms with Gasteiger partial charge in [-0.05, 0) is 38.5 Å². The third-order valence-electron chi connectivity index (χ3n) is 4.15. The average molecular weight is 182 g/mol. The number of hydrogen-bond donors (Lipinski definition) is 1. The van der Waals surface area contributed by atoms with Crippen molar-refractivity contribution in [3.05, 3.63) is 0 Å². The molecule has 0 atom stereocenters. The number of nitrogens with two attached hydrogens (primary N) is 1. The predicted molar refractivity (Wildman–Crippen MR) is 55.7 cm³/mol. The first-order valence-corrected chi connectivity index (χ1v) is 5.77. The van der Waals surface area contributed by atoms with Gasteiger partial charge in [-0.25, -0.2) is 0 Å². The number of piperidine rings is 1. The zero-order valence-corrected chi connectivity index (χ0v) is 8.76. The van der Waals surface area contributed by atoms with Crippen LogP contribution in [0, 0.1) is 0 Å². The molecule has 2 rings (SSSR count). The number of hydrogen-bond acceptors (Lipinski definition) is 2. The molecular weight excluding hydrogens is 160 g/mol. The second-order valence-electron chi connectivity index (χ2n) is 4.76. The van der Waals surface area contributed by atoms with Crippen LogP contribution in [-0.4, -0.2) is 29.6 Å². The van der Waals surface area contributed by atoms with E-state index in [1.165, 1.54) is 51.6 Å². The van der Waals surface area contributed by atoms with Gasteiger partial charge in [-0.1, -0.05) is 6.92 Å². The van der Waals surface area contributed by atoms with Crippen LogP contribution in [0.25, 0.3) is 0 Å². The molecule has 2 aliphatic rings. The topological polar surface area (TPSA) is 29.3 Å². The van der Waals surface area contributed by atoms with Gasteiger partial charge in [0.05, 0.1) is 0 Å². The molecule has 0 amide bonds. The molecule has 1 aliphatic carbocycles. The molecule has 0 aromatic carbocycles. The van der Waals surface area contributed by atoms with E-state index < -0.39 is 0 Å². The van der Waals surface area contributed by atoms with Crippen LogP contribution in [0.3, 0.4) is 0 Å². The minimum atomic E-state index is 0.477. The van der Waals surface area contributed by atoms with Crippen LogP contribution in [0.5, 0.6) is 0 Å². The third-order valence-corrected chi connectivity index (χ3v) is 4.15. The molecule has 2 nitrogen and oxygen atoms in total. The highest BCUT2D eigenvalue weighted by atomic mass is 15.2. The van der Waals surface area contributed by atoms with Crippen LogP contribution in [-0.2, 0) is 0 Å². The van der Waals surface area contributed by atoms with Gasteiger partial charge in [-0.3, -0.25) is 4.90 Å². The number of rotatable bonds is 2. The Bertz CT molecular complexity index is 161. The monoisotopic (exact) mass is 182 g/mol. The fraction of sp³-hybridized carbons (Fsp3) is 1.00. The van der Waals surface area contributed by atoms with E-state index in [0.717, 1.165) is 0 Å². The third kappa shape index (κ3) is 1.62. The highest BCUT2D eigenvalue weighted by Crippen LogP contribution is 2.41. The molecule has 2 fully saturated rings. The van der Waals surface area contributed by atoms with Crippen LogP contribution >= 0.6 is 0 Å². The Kier molecular flexibility index (Phi) is 2.61. The summed E-state index contributed by atoms with van der Waals surface area (Å²) >= 11 is 0. The van der Waals surface area contributed by atoms with E-state index in [1.54, 1.807) is 0 Å². The summed E-state index contributed by atoms with van der Waals surface area (Å²) in [5.41, 5.74) is 6.51. The summed E-state index contributed by atoms with van der Waals surface area (Å²) in [6.07, 6.45) is 8.06. The maximum atomic E-state index is 5.91. The second-order valence-corrected chi connectivity index (χ2v) is 4.76. The SMILES string of the molecule is CCC1(N2CCC(N)CC2)CCC1. The summed E-state index contributed by atoms with van der Waals surface area (Å²) in [6.45, 7) is 4.83.